The molecule has 1 aromatic heterocycles. The molecule has 5 nitrogen and oxygen atoms in total. The second-order valence-corrected chi connectivity index (χ2v) is 9.03. The number of benzene rings is 3. The van der Waals surface area contributed by atoms with E-state index >= 15 is 0 Å². The lowest BCUT2D eigenvalue weighted by molar-refractivity contribution is -0.00521. The van der Waals surface area contributed by atoms with Crippen LogP contribution in [0, 0.1) is 11.3 Å². The Morgan fingerprint density at radius 1 is 0.943 bits per heavy atom. The fourth-order valence-corrected chi connectivity index (χ4v) is 4.90. The molecule has 1 aliphatic heterocycles. The van der Waals surface area contributed by atoms with Crippen LogP contribution in [0.15, 0.2) is 72.9 Å². The summed E-state index contributed by atoms with van der Waals surface area (Å²) in [6.07, 6.45) is 2.35. The van der Waals surface area contributed by atoms with Gasteiger partial charge in [0.2, 0.25) is 0 Å². The Morgan fingerprint density at radius 3 is 2.26 bits per heavy atom. The maximum absolute atomic E-state index is 9.13. The number of nitrogens with zero attached hydrogens (tertiary/aromatic N) is 3. The van der Waals surface area contributed by atoms with Gasteiger partial charge < -0.3 is 14.4 Å². The fourth-order valence-electron chi connectivity index (χ4n) is 4.90. The molecule has 0 amide bonds. The van der Waals surface area contributed by atoms with E-state index in [0.717, 1.165) is 52.0 Å². The van der Waals surface area contributed by atoms with Crippen molar-refractivity contribution < 1.29 is 9.47 Å². The van der Waals surface area contributed by atoms with Crippen LogP contribution >= 0.6 is 0 Å². The molecule has 2 atom stereocenters. The number of hydrogen-bond donors (Lipinski definition) is 0. The summed E-state index contributed by atoms with van der Waals surface area (Å²) in [5.74, 6) is 0.842. The van der Waals surface area contributed by atoms with E-state index in [0.29, 0.717) is 12.2 Å². The van der Waals surface area contributed by atoms with Gasteiger partial charge in [-0.15, -0.1) is 0 Å². The van der Waals surface area contributed by atoms with E-state index in [1.807, 2.05) is 43.5 Å². The summed E-state index contributed by atoms with van der Waals surface area (Å²) in [5, 5.41) is 10.1. The Morgan fingerprint density at radius 2 is 1.60 bits per heavy atom. The highest BCUT2D eigenvalue weighted by Gasteiger charge is 2.22. The molecule has 0 N–H and O–H groups in total. The van der Waals surface area contributed by atoms with Gasteiger partial charge >= 0.3 is 0 Å². The Kier molecular flexibility index (Phi) is 6.39. The highest BCUT2D eigenvalue weighted by atomic mass is 16.5. The van der Waals surface area contributed by atoms with E-state index in [9.17, 15) is 0 Å². The first kappa shape index (κ1) is 22.9. The number of pyridine rings is 1. The van der Waals surface area contributed by atoms with E-state index < -0.39 is 0 Å². The third kappa shape index (κ3) is 4.58. The zero-order valence-corrected chi connectivity index (χ0v) is 20.4. The van der Waals surface area contributed by atoms with Crippen LogP contribution in [0.5, 0.6) is 5.75 Å². The van der Waals surface area contributed by atoms with Gasteiger partial charge in [-0.2, -0.15) is 5.26 Å². The summed E-state index contributed by atoms with van der Waals surface area (Å²) in [5.41, 5.74) is 6.82. The highest BCUT2D eigenvalue weighted by molar-refractivity contribution is 6.00. The summed E-state index contributed by atoms with van der Waals surface area (Å²) in [6, 6.07) is 24.6. The van der Waals surface area contributed by atoms with E-state index in [1.165, 1.54) is 5.69 Å². The van der Waals surface area contributed by atoms with Crippen molar-refractivity contribution in [2.75, 3.05) is 24.6 Å². The zero-order valence-electron chi connectivity index (χ0n) is 20.4. The first-order valence-electron chi connectivity index (χ1n) is 12.1. The predicted molar refractivity (Wildman–Crippen MR) is 141 cm³/mol. The van der Waals surface area contributed by atoms with Gasteiger partial charge in [-0.1, -0.05) is 36.4 Å². The van der Waals surface area contributed by atoms with Crippen LogP contribution < -0.4 is 9.64 Å². The maximum atomic E-state index is 9.13. The predicted octanol–water partition coefficient (Wildman–Crippen LogP) is 6.45. The Bertz CT molecular complexity index is 1360. The Labute approximate surface area is 206 Å². The molecule has 1 saturated heterocycles. The molecule has 0 spiro atoms. The number of nitriles is 1. The number of morpholine rings is 1. The van der Waals surface area contributed by atoms with Crippen LogP contribution in [0.3, 0.4) is 0 Å². The van der Waals surface area contributed by atoms with E-state index in [-0.39, 0.29) is 12.2 Å². The van der Waals surface area contributed by atoms with Gasteiger partial charge in [0.15, 0.2) is 0 Å². The van der Waals surface area contributed by atoms with Gasteiger partial charge in [0.05, 0.1) is 36.0 Å². The van der Waals surface area contributed by atoms with Crippen molar-refractivity contribution in [1.82, 2.24) is 4.98 Å². The summed E-state index contributed by atoms with van der Waals surface area (Å²) < 4.78 is 12.1. The topological polar surface area (TPSA) is 58.4 Å². The van der Waals surface area contributed by atoms with Crippen molar-refractivity contribution in [3.63, 3.8) is 0 Å². The average molecular weight is 464 g/mol. The van der Waals surface area contributed by atoms with Crippen LogP contribution in [0.1, 0.15) is 26.3 Å². The van der Waals surface area contributed by atoms with Gasteiger partial charge in [-0.25, -0.2) is 0 Å². The summed E-state index contributed by atoms with van der Waals surface area (Å²) in [6.45, 7) is 8.60. The molecule has 4 aromatic rings. The molecule has 5 rings (SSSR count). The number of hydrogen-bond acceptors (Lipinski definition) is 5. The minimum absolute atomic E-state index is 0.220. The van der Waals surface area contributed by atoms with Crippen LogP contribution in [0.25, 0.3) is 33.2 Å². The second-order valence-electron chi connectivity index (χ2n) is 9.03. The lowest BCUT2D eigenvalue weighted by Crippen LogP contribution is -2.45. The van der Waals surface area contributed by atoms with Crippen LogP contribution in [0.4, 0.5) is 5.69 Å². The second kappa shape index (κ2) is 9.77. The van der Waals surface area contributed by atoms with Crippen molar-refractivity contribution in [2.24, 2.45) is 0 Å². The zero-order chi connectivity index (χ0) is 24.4. The van der Waals surface area contributed by atoms with Crippen molar-refractivity contribution >= 4 is 16.6 Å². The third-order valence-corrected chi connectivity index (χ3v) is 6.42. The minimum atomic E-state index is 0.220. The molecule has 0 radical (unpaired) electrons. The van der Waals surface area contributed by atoms with Crippen LogP contribution in [0.2, 0.25) is 0 Å². The van der Waals surface area contributed by atoms with Gasteiger partial charge in [0.25, 0.3) is 0 Å². The van der Waals surface area contributed by atoms with Crippen molar-refractivity contribution in [2.45, 2.75) is 33.0 Å². The van der Waals surface area contributed by atoms with Gasteiger partial charge in [0.1, 0.15) is 5.75 Å². The molecule has 0 bridgehead atoms. The van der Waals surface area contributed by atoms with E-state index in [1.54, 1.807) is 0 Å². The number of para-hydroxylation sites is 1. The molecule has 2 unspecified atom stereocenters. The van der Waals surface area contributed by atoms with Crippen LogP contribution in [-0.4, -0.2) is 36.9 Å². The van der Waals surface area contributed by atoms with E-state index in [4.69, 9.17) is 19.7 Å². The third-order valence-electron chi connectivity index (χ3n) is 6.42. The molecule has 0 saturated carbocycles. The average Bonchev–Trinajstić information content (AvgIpc) is 2.88. The minimum Gasteiger partial charge on any atom is -0.492 e. The monoisotopic (exact) mass is 463 g/mol. The standard InChI is InChI=1S/C30H29N3O2/c1-4-34-30-27-7-5-6-26(23-10-8-22(16-31)9-11-23)29(27)32-17-28(30)24-12-14-25(15-13-24)33-18-20(2)35-21(3)19-33/h5-15,17,20-21H,4,18-19H2,1-3H3. The Balaban J connectivity index is 1.54. The van der Waals surface area contributed by atoms with Crippen molar-refractivity contribution in [1.29, 1.82) is 5.26 Å². The molecule has 5 heteroatoms. The Hall–Kier alpha value is -3.88. The van der Waals surface area contributed by atoms with Gasteiger partial charge in [0, 0.05) is 41.5 Å². The van der Waals surface area contributed by atoms with Gasteiger partial charge in [-0.05, 0) is 62.2 Å². The molecule has 1 fully saturated rings. The number of aromatic nitrogens is 1. The SMILES string of the molecule is CCOc1c(-c2ccc(N3CC(C)OC(C)C3)cc2)cnc2c(-c3ccc(C#N)cc3)cccc12. The first-order valence-corrected chi connectivity index (χ1v) is 12.1. The number of ether oxygens (including phenoxy) is 2. The molecule has 2 heterocycles. The highest BCUT2D eigenvalue weighted by Crippen LogP contribution is 2.39. The number of fused-ring (bicyclic) bond motifs is 1. The number of rotatable bonds is 5. The first-order chi connectivity index (χ1) is 17.1. The molecule has 176 valence electrons. The molecular formula is C30H29N3O2. The normalized spacial score (nSPS) is 17.8. The van der Waals surface area contributed by atoms with Crippen molar-refractivity contribution in [3.05, 3.63) is 78.5 Å². The maximum Gasteiger partial charge on any atom is 0.138 e. The molecular weight excluding hydrogens is 434 g/mol. The van der Waals surface area contributed by atoms with Crippen LogP contribution in [-0.2, 0) is 4.74 Å². The van der Waals surface area contributed by atoms with Gasteiger partial charge in [-0.3, -0.25) is 4.98 Å². The fraction of sp³-hybridized carbons (Fsp3) is 0.267. The lowest BCUT2D eigenvalue weighted by atomic mass is 9.98. The molecule has 1 aliphatic rings. The van der Waals surface area contributed by atoms with Crippen molar-refractivity contribution in [3.8, 4) is 34.1 Å². The largest absolute Gasteiger partial charge is 0.492 e. The van der Waals surface area contributed by atoms with E-state index in [2.05, 4.69) is 61.2 Å². The smallest absolute Gasteiger partial charge is 0.138 e. The summed E-state index contributed by atoms with van der Waals surface area (Å²) >= 11 is 0. The molecule has 3 aromatic carbocycles. The summed E-state index contributed by atoms with van der Waals surface area (Å²) in [4.78, 5) is 7.26. The quantitative estimate of drug-likeness (QED) is 0.340. The lowest BCUT2D eigenvalue weighted by Gasteiger charge is -2.36. The summed E-state index contributed by atoms with van der Waals surface area (Å²) in [7, 11) is 0. The number of anilines is 1. The molecule has 35 heavy (non-hydrogen) atoms. The molecule has 0 aliphatic carbocycles.